The maximum absolute atomic E-state index is 12.1. The number of carboxylic acids is 1. The first-order valence-corrected chi connectivity index (χ1v) is 13.5. The molecule has 0 unspecified atom stereocenters. The van der Waals surface area contributed by atoms with Crippen molar-refractivity contribution >= 4 is 58.0 Å². The summed E-state index contributed by atoms with van der Waals surface area (Å²) in [6, 6.07) is 17.9. The van der Waals surface area contributed by atoms with Crippen molar-refractivity contribution in [3.05, 3.63) is 84.8 Å². The fourth-order valence-electron chi connectivity index (χ4n) is 3.53. The van der Waals surface area contributed by atoms with Crippen LogP contribution in [0, 0.1) is 14.9 Å². The molecular weight excluding hydrogens is 655 g/mol. The summed E-state index contributed by atoms with van der Waals surface area (Å²) in [5.41, 5.74) is 2.45. The number of aromatic nitrogens is 3. The molecule has 2 N–H and O–H groups in total. The number of H-pyrrole nitrogens is 1. The quantitative estimate of drug-likeness (QED) is 0.111. The number of carboxylic acid groups (broad SMARTS) is 1. The van der Waals surface area contributed by atoms with Crippen LogP contribution in [0.1, 0.15) is 16.7 Å². The summed E-state index contributed by atoms with van der Waals surface area (Å²) in [7, 11) is 3.03. The van der Waals surface area contributed by atoms with Crippen LogP contribution in [-0.2, 0) is 11.4 Å². The maximum atomic E-state index is 12.1. The van der Waals surface area contributed by atoms with Gasteiger partial charge in [-0.15, -0.1) is 5.10 Å². The van der Waals surface area contributed by atoms with E-state index in [9.17, 15) is 15.2 Å². The summed E-state index contributed by atoms with van der Waals surface area (Å²) >= 11 is 9.10. The normalized spacial score (nSPS) is 11.1. The van der Waals surface area contributed by atoms with Gasteiger partial charge in [0, 0.05) is 10.6 Å². The lowest BCUT2D eigenvalue weighted by Gasteiger charge is -2.14. The second kappa shape index (κ2) is 12.9. The monoisotopic (exact) mass is 674 g/mol. The average Bonchev–Trinajstić information content (AvgIpc) is 3.40. The van der Waals surface area contributed by atoms with E-state index in [2.05, 4.69) is 43.8 Å². The summed E-state index contributed by atoms with van der Waals surface area (Å²) in [6.45, 7) is 0.173. The molecule has 1 heterocycles. The van der Waals surface area contributed by atoms with Crippen molar-refractivity contribution in [3.8, 4) is 34.7 Å². The van der Waals surface area contributed by atoms with Gasteiger partial charge >= 0.3 is 5.97 Å². The minimum atomic E-state index is -1.14. The van der Waals surface area contributed by atoms with Gasteiger partial charge in [-0.3, -0.25) is 5.10 Å². The van der Waals surface area contributed by atoms with Gasteiger partial charge in [0.1, 0.15) is 17.3 Å². The summed E-state index contributed by atoms with van der Waals surface area (Å²) < 4.78 is 17.6. The predicted molar refractivity (Wildman–Crippen MR) is 156 cm³/mol. The maximum Gasteiger partial charge on any atom is 0.342 e. The second-order valence-electron chi connectivity index (χ2n) is 7.82. The number of thioether (sulfide) groups is 1. The van der Waals surface area contributed by atoms with Crippen LogP contribution in [0.5, 0.6) is 17.2 Å². The van der Waals surface area contributed by atoms with Crippen molar-refractivity contribution < 1.29 is 24.1 Å². The molecule has 1 aromatic heterocycles. The topological polar surface area (TPSA) is 130 Å². The molecule has 0 spiro atoms. The molecule has 39 heavy (non-hydrogen) atoms. The molecule has 12 heteroatoms. The van der Waals surface area contributed by atoms with Gasteiger partial charge in [-0.05, 0) is 82.4 Å². The first-order valence-electron chi connectivity index (χ1n) is 11.2. The molecule has 0 aliphatic carbocycles. The molecular formula is C27H20ClIN4O5S. The number of hydrogen-bond donors (Lipinski definition) is 2. The fourth-order valence-corrected chi connectivity index (χ4v) is 5.19. The molecule has 0 aliphatic rings. The van der Waals surface area contributed by atoms with Crippen LogP contribution < -0.4 is 14.2 Å². The number of ether oxygens (including phenoxy) is 3. The highest BCUT2D eigenvalue weighted by Crippen LogP contribution is 2.37. The molecule has 9 nitrogen and oxygen atoms in total. The highest BCUT2D eigenvalue weighted by atomic mass is 127. The Hall–Kier alpha value is -3.73. The van der Waals surface area contributed by atoms with Crippen molar-refractivity contribution in [2.75, 3.05) is 14.2 Å². The highest BCUT2D eigenvalue weighted by Gasteiger charge is 2.18. The number of aliphatic carboxylic acids is 1. The van der Waals surface area contributed by atoms with Gasteiger partial charge in [-0.1, -0.05) is 29.8 Å². The van der Waals surface area contributed by atoms with E-state index in [1.807, 2.05) is 12.1 Å². The van der Waals surface area contributed by atoms with E-state index in [0.717, 1.165) is 17.3 Å². The molecule has 0 aliphatic heterocycles. The number of halogens is 2. The second-order valence-corrected chi connectivity index (χ2v) is 10.4. The largest absolute Gasteiger partial charge is 0.496 e. The molecule has 4 aromatic rings. The van der Waals surface area contributed by atoms with Crippen molar-refractivity contribution in [2.24, 2.45) is 0 Å². The Bertz CT molecular complexity index is 1600. The molecule has 0 saturated carbocycles. The van der Waals surface area contributed by atoms with Crippen LogP contribution in [0.25, 0.3) is 17.5 Å². The van der Waals surface area contributed by atoms with Crippen molar-refractivity contribution in [1.29, 1.82) is 5.26 Å². The fraction of sp³-hybridized carbons (Fsp3) is 0.111. The van der Waals surface area contributed by atoms with Gasteiger partial charge in [0.05, 0.1) is 35.0 Å². The minimum absolute atomic E-state index is 0.00641. The van der Waals surface area contributed by atoms with E-state index in [4.69, 9.17) is 25.8 Å². The zero-order valence-electron chi connectivity index (χ0n) is 20.6. The van der Waals surface area contributed by atoms with Gasteiger partial charge < -0.3 is 19.3 Å². The van der Waals surface area contributed by atoms with Gasteiger partial charge in [0.2, 0.25) is 5.16 Å². The third-order valence-electron chi connectivity index (χ3n) is 5.35. The van der Waals surface area contributed by atoms with Crippen LogP contribution in [0.4, 0.5) is 0 Å². The number of carbonyl (C=O) groups is 1. The molecule has 0 amide bonds. The Labute approximate surface area is 246 Å². The average molecular weight is 675 g/mol. The third-order valence-corrected chi connectivity index (χ3v) is 7.27. The van der Waals surface area contributed by atoms with Crippen LogP contribution in [0.3, 0.4) is 0 Å². The van der Waals surface area contributed by atoms with E-state index in [1.165, 1.54) is 20.3 Å². The van der Waals surface area contributed by atoms with Gasteiger partial charge in [0.15, 0.2) is 17.3 Å². The molecule has 198 valence electrons. The Balaban J connectivity index is 1.59. The zero-order valence-corrected chi connectivity index (χ0v) is 24.3. The first-order chi connectivity index (χ1) is 18.8. The number of rotatable bonds is 10. The van der Waals surface area contributed by atoms with E-state index in [1.54, 1.807) is 42.5 Å². The lowest BCUT2D eigenvalue weighted by atomic mass is 10.1. The highest BCUT2D eigenvalue weighted by molar-refractivity contribution is 14.1. The molecule has 0 saturated heterocycles. The molecule has 0 atom stereocenters. The molecule has 4 rings (SSSR count). The number of hydrogen-bond acceptors (Lipinski definition) is 8. The van der Waals surface area contributed by atoms with Gasteiger partial charge in [-0.25, -0.2) is 9.78 Å². The molecule has 0 bridgehead atoms. The lowest BCUT2D eigenvalue weighted by molar-refractivity contribution is -0.131. The lowest BCUT2D eigenvalue weighted by Crippen LogP contribution is -2.02. The summed E-state index contributed by atoms with van der Waals surface area (Å²) in [5, 5.41) is 26.9. The Morgan fingerprint density at radius 1 is 1.18 bits per heavy atom. The third kappa shape index (κ3) is 6.83. The number of nitrogens with one attached hydrogen (secondary N) is 1. The Kier molecular flexibility index (Phi) is 9.34. The van der Waals surface area contributed by atoms with E-state index >= 15 is 0 Å². The van der Waals surface area contributed by atoms with Crippen LogP contribution in [-0.4, -0.2) is 40.5 Å². The Morgan fingerprint density at radius 2 is 1.95 bits per heavy atom. The predicted octanol–water partition coefficient (Wildman–Crippen LogP) is 6.42. The summed E-state index contributed by atoms with van der Waals surface area (Å²) in [4.78, 5) is 16.5. The number of aromatic amines is 1. The van der Waals surface area contributed by atoms with Gasteiger partial charge in [-0.2, -0.15) is 5.26 Å². The molecule has 3 aromatic carbocycles. The van der Waals surface area contributed by atoms with Crippen LogP contribution in [0.2, 0.25) is 5.02 Å². The Morgan fingerprint density at radius 3 is 2.67 bits per heavy atom. The van der Waals surface area contributed by atoms with E-state index < -0.39 is 5.97 Å². The zero-order chi connectivity index (χ0) is 27.9. The van der Waals surface area contributed by atoms with Gasteiger partial charge in [0.25, 0.3) is 0 Å². The molecule has 0 fully saturated rings. The number of nitriles is 1. The van der Waals surface area contributed by atoms with Crippen molar-refractivity contribution in [2.45, 2.75) is 11.8 Å². The van der Waals surface area contributed by atoms with E-state index in [-0.39, 0.29) is 16.7 Å². The van der Waals surface area contributed by atoms with Crippen molar-refractivity contribution in [1.82, 2.24) is 15.2 Å². The first kappa shape index (κ1) is 28.3. The van der Waals surface area contributed by atoms with Crippen LogP contribution >= 0.6 is 46.0 Å². The SMILES string of the molecule is COc1ccc(Cl)cc1-c1nc(S/C(=C\c2cc(I)c(OCc3ccccc3C#N)c(OC)c2)C(=O)O)n[nH]1. The summed E-state index contributed by atoms with van der Waals surface area (Å²) in [6.07, 6.45) is 1.50. The standard InChI is InChI=1S/C27H20ClIN4O5S/c1-36-21-8-7-18(28)12-19(21)25-31-27(33-32-25)39-23(26(34)35)11-15-9-20(29)24(22(10-15)37-2)38-14-17-6-4-3-5-16(17)13-30/h3-12H,14H2,1-2H3,(H,34,35)(H,31,32,33)/b23-11-. The van der Waals surface area contributed by atoms with E-state index in [0.29, 0.717) is 48.4 Å². The molecule has 0 radical (unpaired) electrons. The number of benzene rings is 3. The smallest absolute Gasteiger partial charge is 0.342 e. The minimum Gasteiger partial charge on any atom is -0.496 e. The number of methoxy groups -OCH3 is 2. The van der Waals surface area contributed by atoms with Crippen molar-refractivity contribution in [3.63, 3.8) is 0 Å². The summed E-state index contributed by atoms with van der Waals surface area (Å²) in [5.74, 6) is 0.694. The number of nitrogens with zero attached hydrogens (tertiary/aromatic N) is 3. The van der Waals surface area contributed by atoms with Crippen LogP contribution in [0.15, 0.2) is 64.7 Å².